The number of nitrogens with zero attached hydrogens (tertiary/aromatic N) is 1. The third-order valence-electron chi connectivity index (χ3n) is 3.47. The Morgan fingerprint density at radius 3 is 2.74 bits per heavy atom. The molecule has 1 N–H and O–H groups in total. The molecule has 0 aliphatic carbocycles. The molecule has 4 nitrogen and oxygen atoms in total. The third-order valence-corrected chi connectivity index (χ3v) is 5.09. The van der Waals surface area contributed by atoms with Crippen molar-refractivity contribution in [1.82, 2.24) is 10.3 Å². The molecule has 0 atom stereocenters. The zero-order valence-electron chi connectivity index (χ0n) is 12.7. The summed E-state index contributed by atoms with van der Waals surface area (Å²) in [5.74, 6) is 0.0547. The van der Waals surface area contributed by atoms with Crippen molar-refractivity contribution in [1.29, 1.82) is 0 Å². The number of thiazole rings is 1. The van der Waals surface area contributed by atoms with Crippen LogP contribution in [0.3, 0.4) is 0 Å². The summed E-state index contributed by atoms with van der Waals surface area (Å²) < 4.78 is 5.79. The Hall–Kier alpha value is -1.92. The number of amides is 1. The van der Waals surface area contributed by atoms with E-state index in [1.807, 2.05) is 19.1 Å². The van der Waals surface area contributed by atoms with Gasteiger partial charge < -0.3 is 9.73 Å². The van der Waals surface area contributed by atoms with E-state index in [1.54, 1.807) is 23.5 Å². The zero-order valence-corrected chi connectivity index (χ0v) is 15.1. The van der Waals surface area contributed by atoms with E-state index in [0.717, 1.165) is 21.1 Å². The van der Waals surface area contributed by atoms with Crippen LogP contribution in [0, 0.1) is 13.8 Å². The molecule has 2 aromatic heterocycles. The van der Waals surface area contributed by atoms with E-state index in [-0.39, 0.29) is 11.7 Å². The number of aryl methyl sites for hydroxylation is 2. The lowest BCUT2D eigenvalue weighted by Gasteiger charge is -2.01. The molecule has 0 spiro atoms. The summed E-state index contributed by atoms with van der Waals surface area (Å²) in [5.41, 5.74) is 3.26. The number of carbonyl (C=O) groups excluding carboxylic acids is 1. The number of halogens is 1. The lowest BCUT2D eigenvalue weighted by molar-refractivity contribution is 0.0922. The SMILES string of the molecule is Cc1ccccc1-c1nc(C)c(CNC(=O)c2ccc(Br)o2)s1. The van der Waals surface area contributed by atoms with E-state index in [1.165, 1.54) is 5.56 Å². The third kappa shape index (κ3) is 3.54. The van der Waals surface area contributed by atoms with Gasteiger partial charge in [-0.05, 0) is 47.5 Å². The first kappa shape index (κ1) is 16.0. The van der Waals surface area contributed by atoms with Crippen molar-refractivity contribution in [2.24, 2.45) is 0 Å². The van der Waals surface area contributed by atoms with E-state index in [2.05, 4.69) is 45.3 Å². The normalized spacial score (nSPS) is 10.7. The van der Waals surface area contributed by atoms with Crippen LogP contribution in [0.5, 0.6) is 0 Å². The van der Waals surface area contributed by atoms with E-state index >= 15 is 0 Å². The number of benzene rings is 1. The molecule has 3 aromatic rings. The summed E-state index contributed by atoms with van der Waals surface area (Å²) >= 11 is 4.79. The zero-order chi connectivity index (χ0) is 16.4. The second-order valence-electron chi connectivity index (χ2n) is 5.13. The van der Waals surface area contributed by atoms with Gasteiger partial charge in [-0.15, -0.1) is 11.3 Å². The molecule has 1 aromatic carbocycles. The van der Waals surface area contributed by atoms with Crippen molar-refractivity contribution >= 4 is 33.2 Å². The quantitative estimate of drug-likeness (QED) is 0.701. The Labute approximate surface area is 146 Å². The Balaban J connectivity index is 1.74. The van der Waals surface area contributed by atoms with Crippen molar-refractivity contribution in [3.63, 3.8) is 0 Å². The molecule has 0 aliphatic heterocycles. The molecule has 0 radical (unpaired) electrons. The number of furan rings is 1. The minimum absolute atomic E-state index is 0.235. The van der Waals surface area contributed by atoms with Crippen LogP contribution in [0.1, 0.15) is 26.7 Å². The summed E-state index contributed by atoms with van der Waals surface area (Å²) in [6, 6.07) is 11.5. The molecule has 0 aliphatic rings. The summed E-state index contributed by atoms with van der Waals surface area (Å²) in [7, 11) is 0. The number of rotatable bonds is 4. The van der Waals surface area contributed by atoms with Crippen LogP contribution in [-0.2, 0) is 6.54 Å². The van der Waals surface area contributed by atoms with Crippen molar-refractivity contribution in [3.8, 4) is 10.6 Å². The molecule has 2 heterocycles. The van der Waals surface area contributed by atoms with Gasteiger partial charge in [0.2, 0.25) is 0 Å². The summed E-state index contributed by atoms with van der Waals surface area (Å²) in [6.45, 7) is 4.47. The molecule has 0 unspecified atom stereocenters. The highest BCUT2D eigenvalue weighted by molar-refractivity contribution is 9.10. The van der Waals surface area contributed by atoms with Crippen molar-refractivity contribution < 1.29 is 9.21 Å². The molecule has 0 saturated carbocycles. The van der Waals surface area contributed by atoms with Gasteiger partial charge in [0, 0.05) is 10.4 Å². The fourth-order valence-corrected chi connectivity index (χ4v) is 3.60. The largest absolute Gasteiger partial charge is 0.444 e. The van der Waals surface area contributed by atoms with Gasteiger partial charge in [-0.25, -0.2) is 4.98 Å². The van der Waals surface area contributed by atoms with Gasteiger partial charge in [0.05, 0.1) is 12.2 Å². The molecule has 118 valence electrons. The van der Waals surface area contributed by atoms with Crippen LogP contribution < -0.4 is 5.32 Å². The number of carbonyl (C=O) groups is 1. The average Bonchev–Trinajstić information content (AvgIpc) is 3.11. The van der Waals surface area contributed by atoms with Crippen LogP contribution in [0.25, 0.3) is 10.6 Å². The Morgan fingerprint density at radius 1 is 1.26 bits per heavy atom. The van der Waals surface area contributed by atoms with Crippen LogP contribution >= 0.6 is 27.3 Å². The van der Waals surface area contributed by atoms with Gasteiger partial charge in [0.25, 0.3) is 5.91 Å². The highest BCUT2D eigenvalue weighted by Crippen LogP contribution is 2.30. The fraction of sp³-hybridized carbons (Fsp3) is 0.176. The Kier molecular flexibility index (Phi) is 4.63. The van der Waals surface area contributed by atoms with Gasteiger partial charge in [0.15, 0.2) is 10.4 Å². The maximum atomic E-state index is 12.0. The molecular weight excluding hydrogens is 376 g/mol. The summed E-state index contributed by atoms with van der Waals surface area (Å²) in [4.78, 5) is 17.7. The van der Waals surface area contributed by atoms with E-state index in [0.29, 0.717) is 11.2 Å². The predicted molar refractivity (Wildman–Crippen MR) is 94.6 cm³/mol. The molecule has 0 saturated heterocycles. The standard InChI is InChI=1S/C17H15BrN2O2S/c1-10-5-3-4-6-12(10)17-20-11(2)14(23-17)9-19-16(21)13-7-8-15(18)22-13/h3-8H,9H2,1-2H3,(H,19,21). The van der Waals surface area contributed by atoms with E-state index in [4.69, 9.17) is 4.42 Å². The van der Waals surface area contributed by atoms with Crippen molar-refractivity contribution in [2.75, 3.05) is 0 Å². The number of hydrogen-bond acceptors (Lipinski definition) is 4. The summed E-state index contributed by atoms with van der Waals surface area (Å²) in [5, 5.41) is 3.84. The molecule has 1 amide bonds. The van der Waals surface area contributed by atoms with Crippen LogP contribution in [-0.4, -0.2) is 10.9 Å². The molecule has 3 rings (SSSR count). The van der Waals surface area contributed by atoms with Crippen LogP contribution in [0.15, 0.2) is 45.5 Å². The van der Waals surface area contributed by atoms with Gasteiger partial charge in [-0.2, -0.15) is 0 Å². The number of hydrogen-bond donors (Lipinski definition) is 1. The van der Waals surface area contributed by atoms with Crippen LogP contribution in [0.4, 0.5) is 0 Å². The predicted octanol–water partition coefficient (Wildman–Crippen LogP) is 4.71. The van der Waals surface area contributed by atoms with E-state index < -0.39 is 0 Å². The Bertz CT molecular complexity index is 854. The molecular formula is C17H15BrN2O2S. The van der Waals surface area contributed by atoms with Crippen LogP contribution in [0.2, 0.25) is 0 Å². The minimum atomic E-state index is -0.235. The fourth-order valence-electron chi connectivity index (χ4n) is 2.20. The van der Waals surface area contributed by atoms with Gasteiger partial charge >= 0.3 is 0 Å². The van der Waals surface area contributed by atoms with Gasteiger partial charge in [-0.3, -0.25) is 4.79 Å². The van der Waals surface area contributed by atoms with Crippen molar-refractivity contribution in [2.45, 2.75) is 20.4 Å². The average molecular weight is 391 g/mol. The molecule has 0 fully saturated rings. The molecule has 0 bridgehead atoms. The first-order chi connectivity index (χ1) is 11.0. The number of aromatic nitrogens is 1. The second kappa shape index (κ2) is 6.68. The monoisotopic (exact) mass is 390 g/mol. The maximum absolute atomic E-state index is 12.0. The highest BCUT2D eigenvalue weighted by Gasteiger charge is 2.14. The minimum Gasteiger partial charge on any atom is -0.444 e. The smallest absolute Gasteiger partial charge is 0.287 e. The molecule has 23 heavy (non-hydrogen) atoms. The van der Waals surface area contributed by atoms with E-state index in [9.17, 15) is 4.79 Å². The van der Waals surface area contributed by atoms with Crippen molar-refractivity contribution in [3.05, 3.63) is 63.0 Å². The summed E-state index contributed by atoms with van der Waals surface area (Å²) in [6.07, 6.45) is 0. The first-order valence-corrected chi connectivity index (χ1v) is 8.71. The topological polar surface area (TPSA) is 55.1 Å². The van der Waals surface area contributed by atoms with Gasteiger partial charge in [0.1, 0.15) is 5.01 Å². The Morgan fingerprint density at radius 2 is 2.04 bits per heavy atom. The number of nitrogens with one attached hydrogen (secondary N) is 1. The lowest BCUT2D eigenvalue weighted by Crippen LogP contribution is -2.22. The second-order valence-corrected chi connectivity index (χ2v) is 6.99. The van der Waals surface area contributed by atoms with Gasteiger partial charge in [-0.1, -0.05) is 24.3 Å². The molecule has 6 heteroatoms. The maximum Gasteiger partial charge on any atom is 0.287 e. The lowest BCUT2D eigenvalue weighted by atomic mass is 10.1. The first-order valence-electron chi connectivity index (χ1n) is 7.10. The highest BCUT2D eigenvalue weighted by atomic mass is 79.9.